The lowest BCUT2D eigenvalue weighted by Crippen LogP contribution is -2.50. The van der Waals surface area contributed by atoms with Crippen molar-refractivity contribution in [2.75, 3.05) is 18.4 Å². The van der Waals surface area contributed by atoms with Gasteiger partial charge in [0.1, 0.15) is 23.8 Å². The second-order valence-corrected chi connectivity index (χ2v) is 7.68. The zero-order valence-corrected chi connectivity index (χ0v) is 15.4. The Morgan fingerprint density at radius 1 is 1.32 bits per heavy atom. The summed E-state index contributed by atoms with van der Waals surface area (Å²) in [6.07, 6.45) is 1.14. The molecule has 0 radical (unpaired) electrons. The zero-order chi connectivity index (χ0) is 18.8. The number of carbonyl (C=O) groups is 2. The molecule has 1 saturated heterocycles. The fourth-order valence-corrected chi connectivity index (χ4v) is 2.54. The van der Waals surface area contributed by atoms with Crippen molar-refractivity contribution in [2.24, 2.45) is 11.7 Å². The molecule has 0 spiro atoms. The topological polar surface area (TPSA) is 110 Å². The third-order valence-electron chi connectivity index (χ3n) is 3.92. The molecule has 1 atom stereocenters. The molecule has 25 heavy (non-hydrogen) atoms. The van der Waals surface area contributed by atoms with Crippen LogP contribution in [0, 0.1) is 5.92 Å². The van der Waals surface area contributed by atoms with Gasteiger partial charge in [0.25, 0.3) is 0 Å². The normalized spacial score (nSPS) is 16.3. The Kier molecular flexibility index (Phi) is 5.49. The summed E-state index contributed by atoms with van der Waals surface area (Å²) in [5, 5.41) is 3.06. The number of likely N-dealkylation sites (tertiary alicyclic amines) is 1. The molecular weight excluding hydrogens is 322 g/mol. The molecule has 3 N–H and O–H groups in total. The Labute approximate surface area is 148 Å². The van der Waals surface area contributed by atoms with Crippen molar-refractivity contribution in [3.8, 4) is 0 Å². The first kappa shape index (κ1) is 19.0. The van der Waals surface area contributed by atoms with Gasteiger partial charge in [-0.15, -0.1) is 0 Å². The molecule has 138 valence electrons. The summed E-state index contributed by atoms with van der Waals surface area (Å²) in [5.41, 5.74) is 5.74. The Hall–Kier alpha value is -2.38. The second-order valence-electron chi connectivity index (χ2n) is 7.68. The third-order valence-corrected chi connectivity index (χ3v) is 3.92. The van der Waals surface area contributed by atoms with E-state index in [-0.39, 0.29) is 17.9 Å². The molecule has 1 aliphatic rings. The molecule has 0 aromatic carbocycles. The predicted octanol–water partition coefficient (Wildman–Crippen LogP) is 1.73. The van der Waals surface area contributed by atoms with E-state index < -0.39 is 17.6 Å². The van der Waals surface area contributed by atoms with Crippen LogP contribution in [0.15, 0.2) is 12.4 Å². The van der Waals surface area contributed by atoms with E-state index in [1.165, 1.54) is 6.33 Å². The molecule has 0 saturated carbocycles. The highest BCUT2D eigenvalue weighted by atomic mass is 16.6. The van der Waals surface area contributed by atoms with Crippen LogP contribution < -0.4 is 11.1 Å². The molecule has 1 aromatic rings. The van der Waals surface area contributed by atoms with E-state index in [2.05, 4.69) is 15.3 Å². The van der Waals surface area contributed by atoms with Gasteiger partial charge in [-0.25, -0.2) is 14.8 Å². The highest BCUT2D eigenvalue weighted by Crippen LogP contribution is 2.28. The van der Waals surface area contributed by atoms with Crippen LogP contribution in [0.3, 0.4) is 0 Å². The third kappa shape index (κ3) is 5.04. The van der Waals surface area contributed by atoms with Crippen LogP contribution in [-0.4, -0.2) is 51.6 Å². The number of nitrogens with two attached hydrogens (primary N) is 1. The lowest BCUT2D eigenvalue weighted by molar-refractivity contribution is -0.119. The van der Waals surface area contributed by atoms with E-state index in [0.29, 0.717) is 18.9 Å². The lowest BCUT2D eigenvalue weighted by Gasteiger charge is -2.39. The van der Waals surface area contributed by atoms with E-state index >= 15 is 0 Å². The largest absolute Gasteiger partial charge is 0.444 e. The van der Waals surface area contributed by atoms with Crippen LogP contribution in [0.5, 0.6) is 0 Å². The molecule has 1 fully saturated rings. The summed E-state index contributed by atoms with van der Waals surface area (Å²) < 4.78 is 5.35. The van der Waals surface area contributed by atoms with Gasteiger partial charge < -0.3 is 20.7 Å². The van der Waals surface area contributed by atoms with Gasteiger partial charge in [-0.3, -0.25) is 4.79 Å². The Bertz CT molecular complexity index is 635. The highest BCUT2D eigenvalue weighted by molar-refractivity contribution is 5.82. The molecule has 2 heterocycles. The minimum Gasteiger partial charge on any atom is -0.444 e. The predicted molar refractivity (Wildman–Crippen MR) is 94.0 cm³/mol. The van der Waals surface area contributed by atoms with Gasteiger partial charge in [-0.2, -0.15) is 0 Å². The first-order valence-electron chi connectivity index (χ1n) is 8.42. The fraction of sp³-hybridized carbons (Fsp3) is 0.647. The Morgan fingerprint density at radius 3 is 2.48 bits per heavy atom. The van der Waals surface area contributed by atoms with Crippen LogP contribution in [0.4, 0.5) is 10.6 Å². The van der Waals surface area contributed by atoms with Crippen molar-refractivity contribution in [2.45, 2.75) is 52.2 Å². The summed E-state index contributed by atoms with van der Waals surface area (Å²) in [4.78, 5) is 33.6. The smallest absolute Gasteiger partial charge is 0.410 e. The van der Waals surface area contributed by atoms with Crippen molar-refractivity contribution in [1.29, 1.82) is 0 Å². The van der Waals surface area contributed by atoms with Crippen molar-refractivity contribution in [1.82, 2.24) is 14.9 Å². The maximum Gasteiger partial charge on any atom is 0.410 e. The first-order chi connectivity index (χ1) is 11.6. The van der Waals surface area contributed by atoms with Gasteiger partial charge in [-0.1, -0.05) is 13.8 Å². The number of nitrogens with one attached hydrogen (secondary N) is 1. The molecule has 1 aromatic heterocycles. The second kappa shape index (κ2) is 7.25. The Balaban J connectivity index is 1.97. The average Bonchev–Trinajstić information content (AvgIpc) is 2.41. The highest BCUT2D eigenvalue weighted by Gasteiger charge is 2.35. The molecule has 0 bridgehead atoms. The summed E-state index contributed by atoms with van der Waals surface area (Å²) in [5.74, 6) is 0.303. The van der Waals surface area contributed by atoms with E-state index in [1.54, 1.807) is 11.0 Å². The molecule has 1 unspecified atom stereocenters. The van der Waals surface area contributed by atoms with Crippen LogP contribution in [0.1, 0.15) is 46.2 Å². The number of rotatable bonds is 5. The molecular formula is C17H27N5O3. The minimum atomic E-state index is -0.505. The molecule has 1 aliphatic heterocycles. The quantitative estimate of drug-likeness (QED) is 0.837. The van der Waals surface area contributed by atoms with E-state index in [0.717, 1.165) is 5.69 Å². The van der Waals surface area contributed by atoms with Crippen LogP contribution in [0.2, 0.25) is 0 Å². The molecule has 0 aliphatic carbocycles. The van der Waals surface area contributed by atoms with Crippen LogP contribution in [-0.2, 0) is 9.53 Å². The minimum absolute atomic E-state index is 0.0438. The lowest BCUT2D eigenvalue weighted by atomic mass is 9.96. The number of ether oxygens (including phenoxy) is 1. The van der Waals surface area contributed by atoms with Gasteiger partial charge >= 0.3 is 6.09 Å². The number of nitrogens with zero attached hydrogens (tertiary/aromatic N) is 3. The zero-order valence-electron chi connectivity index (χ0n) is 15.4. The average molecular weight is 349 g/mol. The summed E-state index contributed by atoms with van der Waals surface area (Å²) >= 11 is 0. The number of carbonyl (C=O) groups excluding carboxylic acids is 2. The summed E-state index contributed by atoms with van der Waals surface area (Å²) in [7, 11) is 0. The number of anilines is 1. The maximum absolute atomic E-state index is 12.0. The van der Waals surface area contributed by atoms with Crippen molar-refractivity contribution in [3.05, 3.63) is 18.1 Å². The van der Waals surface area contributed by atoms with Gasteiger partial charge in [0.05, 0.1) is 5.69 Å². The summed E-state index contributed by atoms with van der Waals surface area (Å²) in [6.45, 7) is 10.4. The van der Waals surface area contributed by atoms with Gasteiger partial charge in [0.2, 0.25) is 5.91 Å². The van der Waals surface area contributed by atoms with Gasteiger partial charge in [0, 0.05) is 25.1 Å². The number of aromatic nitrogens is 2. The van der Waals surface area contributed by atoms with Crippen molar-refractivity contribution < 1.29 is 14.3 Å². The SMILES string of the molecule is CC(C)C(Nc1cc(C2CN(C(=O)OC(C)(C)C)C2)ncn1)C(N)=O. The fourth-order valence-electron chi connectivity index (χ4n) is 2.54. The molecule has 2 amide bonds. The van der Waals surface area contributed by atoms with Gasteiger partial charge in [-0.05, 0) is 26.7 Å². The van der Waals surface area contributed by atoms with Crippen LogP contribution >= 0.6 is 0 Å². The van der Waals surface area contributed by atoms with E-state index in [1.807, 2.05) is 34.6 Å². The molecule has 8 heteroatoms. The number of hydrogen-bond donors (Lipinski definition) is 2. The molecule has 2 rings (SSSR count). The monoisotopic (exact) mass is 349 g/mol. The Morgan fingerprint density at radius 2 is 1.96 bits per heavy atom. The standard InChI is InChI=1S/C17H27N5O3/c1-10(2)14(15(18)23)21-13-6-12(19-9-20-13)11-7-22(8-11)16(24)25-17(3,4)5/h6,9-11,14H,7-8H2,1-5H3,(H2,18,23)(H,19,20,21). The summed E-state index contributed by atoms with van der Waals surface area (Å²) in [6, 6.07) is 1.30. The van der Waals surface area contributed by atoms with E-state index in [9.17, 15) is 9.59 Å². The first-order valence-corrected chi connectivity index (χ1v) is 8.42. The number of primary amides is 1. The van der Waals surface area contributed by atoms with Crippen molar-refractivity contribution in [3.63, 3.8) is 0 Å². The van der Waals surface area contributed by atoms with Crippen LogP contribution in [0.25, 0.3) is 0 Å². The number of hydrogen-bond acceptors (Lipinski definition) is 6. The molecule has 8 nitrogen and oxygen atoms in total. The van der Waals surface area contributed by atoms with Gasteiger partial charge in [0.15, 0.2) is 0 Å². The maximum atomic E-state index is 12.0. The van der Waals surface area contributed by atoms with Crippen molar-refractivity contribution >= 4 is 17.8 Å². The number of amides is 2. The van der Waals surface area contributed by atoms with E-state index in [4.69, 9.17) is 10.5 Å².